The van der Waals surface area contributed by atoms with Crippen molar-refractivity contribution in [3.05, 3.63) is 22.7 Å². The van der Waals surface area contributed by atoms with Crippen molar-refractivity contribution in [3.63, 3.8) is 0 Å². The van der Waals surface area contributed by atoms with E-state index in [1.54, 1.807) is 19.2 Å². The minimum Gasteiger partial charge on any atom is -0.404 e. The zero-order valence-electron chi connectivity index (χ0n) is 10.4. The molecule has 19 heavy (non-hydrogen) atoms. The molecule has 108 valence electrons. The lowest BCUT2D eigenvalue weighted by Crippen LogP contribution is -2.18. The fourth-order valence-electron chi connectivity index (χ4n) is 1.45. The van der Waals surface area contributed by atoms with Crippen molar-refractivity contribution in [1.82, 2.24) is 0 Å². The van der Waals surface area contributed by atoms with E-state index >= 15 is 0 Å². The van der Waals surface area contributed by atoms with Gasteiger partial charge < -0.3 is 14.8 Å². The van der Waals surface area contributed by atoms with Crippen LogP contribution in [0.15, 0.2) is 22.7 Å². The molecule has 3 nitrogen and oxygen atoms in total. The van der Waals surface area contributed by atoms with Gasteiger partial charge in [0.25, 0.3) is 0 Å². The van der Waals surface area contributed by atoms with Gasteiger partial charge in [0.2, 0.25) is 0 Å². The third-order valence-corrected chi connectivity index (χ3v) is 2.75. The number of nitrogens with one attached hydrogen (secondary N) is 1. The highest BCUT2D eigenvalue weighted by atomic mass is 79.9. The number of rotatable bonds is 7. The highest BCUT2D eigenvalue weighted by molar-refractivity contribution is 9.10. The molecule has 0 saturated heterocycles. The van der Waals surface area contributed by atoms with Crippen LogP contribution < -0.4 is 10.1 Å². The van der Waals surface area contributed by atoms with Crippen LogP contribution in [0.2, 0.25) is 0 Å². The predicted molar refractivity (Wildman–Crippen MR) is 70.4 cm³/mol. The first-order chi connectivity index (χ1) is 8.92. The first-order valence-electron chi connectivity index (χ1n) is 5.70. The highest BCUT2D eigenvalue weighted by Crippen LogP contribution is 2.32. The number of hydrogen-bond acceptors (Lipinski definition) is 3. The molecular weight excluding hydrogens is 327 g/mol. The Hall–Kier alpha value is -0.950. The number of ether oxygens (including phenoxy) is 2. The molecule has 0 aliphatic rings. The molecule has 0 saturated carbocycles. The first kappa shape index (κ1) is 16.1. The van der Waals surface area contributed by atoms with E-state index < -0.39 is 6.36 Å². The Morgan fingerprint density at radius 2 is 2.00 bits per heavy atom. The fraction of sp³-hybridized carbons (Fsp3) is 0.500. The smallest absolute Gasteiger partial charge is 0.404 e. The third kappa shape index (κ3) is 6.68. The molecule has 1 rings (SSSR count). The maximum atomic E-state index is 12.3. The second-order valence-corrected chi connectivity index (χ2v) is 4.73. The average Bonchev–Trinajstić information content (AvgIpc) is 2.29. The topological polar surface area (TPSA) is 30.5 Å². The molecule has 0 aliphatic carbocycles. The van der Waals surface area contributed by atoms with E-state index in [-0.39, 0.29) is 5.75 Å². The Balaban J connectivity index is 2.61. The number of anilines is 1. The summed E-state index contributed by atoms with van der Waals surface area (Å²) < 4.78 is 46.2. The van der Waals surface area contributed by atoms with E-state index in [0.29, 0.717) is 23.3 Å². The molecule has 0 atom stereocenters. The van der Waals surface area contributed by atoms with Crippen LogP contribution in [0.25, 0.3) is 0 Å². The SMILES string of the molecule is COCCCCNc1ccc(Br)cc1OC(F)(F)F. The van der Waals surface area contributed by atoms with Gasteiger partial charge >= 0.3 is 6.36 Å². The number of hydrogen-bond donors (Lipinski definition) is 1. The fourth-order valence-corrected chi connectivity index (χ4v) is 1.79. The van der Waals surface area contributed by atoms with Crippen LogP contribution >= 0.6 is 15.9 Å². The first-order valence-corrected chi connectivity index (χ1v) is 6.50. The summed E-state index contributed by atoms with van der Waals surface area (Å²) in [4.78, 5) is 0. The van der Waals surface area contributed by atoms with E-state index in [0.717, 1.165) is 12.8 Å². The number of alkyl halides is 3. The molecule has 7 heteroatoms. The van der Waals surface area contributed by atoms with Crippen LogP contribution in [0.5, 0.6) is 5.75 Å². The maximum Gasteiger partial charge on any atom is 0.573 e. The predicted octanol–water partition coefficient (Wildman–Crippen LogP) is 4.19. The van der Waals surface area contributed by atoms with Gasteiger partial charge in [0.05, 0.1) is 5.69 Å². The van der Waals surface area contributed by atoms with E-state index in [9.17, 15) is 13.2 Å². The van der Waals surface area contributed by atoms with Gasteiger partial charge in [-0.15, -0.1) is 13.2 Å². The van der Waals surface area contributed by atoms with E-state index in [1.165, 1.54) is 6.07 Å². The molecule has 1 N–H and O–H groups in total. The normalized spacial score (nSPS) is 11.4. The zero-order chi connectivity index (χ0) is 14.3. The summed E-state index contributed by atoms with van der Waals surface area (Å²) in [6.45, 7) is 1.19. The second-order valence-electron chi connectivity index (χ2n) is 3.81. The standard InChI is InChI=1S/C12H15BrF3NO2/c1-18-7-3-2-6-17-10-5-4-9(13)8-11(10)19-12(14,15)16/h4-5,8,17H,2-3,6-7H2,1H3. The largest absolute Gasteiger partial charge is 0.573 e. The van der Waals surface area contributed by atoms with Crippen molar-refractivity contribution in [2.75, 3.05) is 25.6 Å². The van der Waals surface area contributed by atoms with Gasteiger partial charge in [-0.3, -0.25) is 0 Å². The Morgan fingerprint density at radius 1 is 1.26 bits per heavy atom. The van der Waals surface area contributed by atoms with Gasteiger partial charge in [0, 0.05) is 24.7 Å². The molecular formula is C12H15BrF3NO2. The molecule has 0 amide bonds. The Bertz CT molecular complexity index is 399. The number of halogens is 4. The average molecular weight is 342 g/mol. The highest BCUT2D eigenvalue weighted by Gasteiger charge is 2.32. The minimum absolute atomic E-state index is 0.242. The summed E-state index contributed by atoms with van der Waals surface area (Å²) in [5.41, 5.74) is 0.318. The van der Waals surface area contributed by atoms with Crippen LogP contribution in [0.1, 0.15) is 12.8 Å². The van der Waals surface area contributed by atoms with Gasteiger partial charge in [0.1, 0.15) is 0 Å². The Kier molecular flexibility index (Phi) is 6.44. The van der Waals surface area contributed by atoms with E-state index in [1.807, 2.05) is 0 Å². The lowest BCUT2D eigenvalue weighted by molar-refractivity contribution is -0.274. The summed E-state index contributed by atoms with van der Waals surface area (Å²) in [5, 5.41) is 2.92. The lowest BCUT2D eigenvalue weighted by Gasteiger charge is -2.15. The summed E-state index contributed by atoms with van der Waals surface area (Å²) in [7, 11) is 1.61. The van der Waals surface area contributed by atoms with Crippen molar-refractivity contribution < 1.29 is 22.6 Å². The Morgan fingerprint density at radius 3 is 2.63 bits per heavy atom. The van der Waals surface area contributed by atoms with Crippen LogP contribution in [0, 0.1) is 0 Å². The molecule has 0 radical (unpaired) electrons. The minimum atomic E-state index is -4.70. The number of methoxy groups -OCH3 is 1. The molecule has 0 fully saturated rings. The summed E-state index contributed by atoms with van der Waals surface area (Å²) in [6.07, 6.45) is -3.06. The summed E-state index contributed by atoms with van der Waals surface area (Å²) >= 11 is 3.11. The molecule has 0 unspecified atom stereocenters. The molecule has 0 aromatic heterocycles. The van der Waals surface area contributed by atoms with Crippen molar-refractivity contribution in [3.8, 4) is 5.75 Å². The summed E-state index contributed by atoms with van der Waals surface area (Å²) in [6, 6.07) is 4.48. The molecule has 0 spiro atoms. The van der Waals surface area contributed by atoms with Crippen LogP contribution in [0.3, 0.4) is 0 Å². The number of benzene rings is 1. The molecule has 1 aromatic rings. The van der Waals surface area contributed by atoms with Gasteiger partial charge in [-0.1, -0.05) is 15.9 Å². The van der Waals surface area contributed by atoms with Crippen LogP contribution in [0.4, 0.5) is 18.9 Å². The van der Waals surface area contributed by atoms with E-state index in [2.05, 4.69) is 26.0 Å². The number of unbranched alkanes of at least 4 members (excludes halogenated alkanes) is 1. The van der Waals surface area contributed by atoms with Crippen molar-refractivity contribution in [2.45, 2.75) is 19.2 Å². The van der Waals surface area contributed by atoms with Crippen molar-refractivity contribution in [1.29, 1.82) is 0 Å². The molecule has 0 bridgehead atoms. The zero-order valence-corrected chi connectivity index (χ0v) is 12.0. The Labute approximate surface area is 118 Å². The maximum absolute atomic E-state index is 12.3. The lowest BCUT2D eigenvalue weighted by atomic mass is 10.2. The molecule has 0 heterocycles. The molecule has 1 aromatic carbocycles. The van der Waals surface area contributed by atoms with Crippen LogP contribution in [-0.2, 0) is 4.74 Å². The van der Waals surface area contributed by atoms with E-state index in [4.69, 9.17) is 4.74 Å². The van der Waals surface area contributed by atoms with Crippen molar-refractivity contribution >= 4 is 21.6 Å². The van der Waals surface area contributed by atoms with Gasteiger partial charge in [-0.2, -0.15) is 0 Å². The summed E-state index contributed by atoms with van der Waals surface area (Å²) in [5.74, 6) is -0.242. The monoisotopic (exact) mass is 341 g/mol. The van der Waals surface area contributed by atoms with Gasteiger partial charge in [0.15, 0.2) is 5.75 Å². The quantitative estimate of drug-likeness (QED) is 0.754. The third-order valence-electron chi connectivity index (χ3n) is 2.26. The molecule has 0 aliphatic heterocycles. The second kappa shape index (κ2) is 7.59. The van der Waals surface area contributed by atoms with Crippen molar-refractivity contribution in [2.24, 2.45) is 0 Å². The van der Waals surface area contributed by atoms with Gasteiger partial charge in [-0.25, -0.2) is 0 Å². The van der Waals surface area contributed by atoms with Gasteiger partial charge in [-0.05, 0) is 31.0 Å². The van der Waals surface area contributed by atoms with Crippen LogP contribution in [-0.4, -0.2) is 26.6 Å².